The topological polar surface area (TPSA) is 67.4 Å². The van der Waals surface area contributed by atoms with E-state index in [9.17, 15) is 9.59 Å². The van der Waals surface area contributed by atoms with Gasteiger partial charge in [0, 0.05) is 19.4 Å². The maximum absolute atomic E-state index is 11.5. The first-order valence-corrected chi connectivity index (χ1v) is 5.79. The lowest BCUT2D eigenvalue weighted by Gasteiger charge is -2.11. The Bertz CT molecular complexity index is 368. The normalized spacial score (nSPS) is 23.6. The van der Waals surface area contributed by atoms with Crippen LogP contribution in [0.2, 0.25) is 0 Å². The quantitative estimate of drug-likeness (QED) is 0.684. The summed E-state index contributed by atoms with van der Waals surface area (Å²) in [6, 6.07) is -0.239. The van der Waals surface area contributed by atoms with Gasteiger partial charge in [0.15, 0.2) is 5.78 Å². The predicted molar refractivity (Wildman–Crippen MR) is 62.0 cm³/mol. The standard InChI is InChI=1S/C12H16N2O3/c15-10-3-1-2-9(8-10)5-7-17-12(16)11-4-6-13-14-11/h1-3,11,13-14H,4-8H2. The van der Waals surface area contributed by atoms with Gasteiger partial charge in [-0.2, -0.15) is 0 Å². The molecule has 0 aromatic heterocycles. The van der Waals surface area contributed by atoms with Gasteiger partial charge in [-0.1, -0.05) is 17.7 Å². The van der Waals surface area contributed by atoms with Gasteiger partial charge in [0.1, 0.15) is 6.04 Å². The first-order valence-electron chi connectivity index (χ1n) is 5.79. The number of hydrogen-bond acceptors (Lipinski definition) is 5. The van der Waals surface area contributed by atoms with Gasteiger partial charge < -0.3 is 4.74 Å². The van der Waals surface area contributed by atoms with Crippen LogP contribution >= 0.6 is 0 Å². The van der Waals surface area contributed by atoms with Crippen LogP contribution in [-0.4, -0.2) is 30.9 Å². The van der Waals surface area contributed by atoms with Gasteiger partial charge in [-0.15, -0.1) is 0 Å². The molecular weight excluding hydrogens is 220 g/mol. The molecule has 17 heavy (non-hydrogen) atoms. The first-order chi connectivity index (χ1) is 8.25. The smallest absolute Gasteiger partial charge is 0.324 e. The molecule has 1 atom stereocenters. The predicted octanol–water partition coefficient (Wildman–Crippen LogP) is 0.242. The zero-order valence-electron chi connectivity index (χ0n) is 9.57. The molecule has 2 N–H and O–H groups in total. The van der Waals surface area contributed by atoms with Gasteiger partial charge in [0.05, 0.1) is 6.61 Å². The lowest BCUT2D eigenvalue weighted by atomic mass is 10.0. The number of nitrogens with one attached hydrogen (secondary N) is 2. The van der Waals surface area contributed by atoms with Gasteiger partial charge in [-0.05, 0) is 12.5 Å². The van der Waals surface area contributed by atoms with Crippen molar-refractivity contribution < 1.29 is 14.3 Å². The molecule has 0 bridgehead atoms. The van der Waals surface area contributed by atoms with Crippen molar-refractivity contribution in [2.24, 2.45) is 0 Å². The Morgan fingerprint density at radius 1 is 1.53 bits per heavy atom. The van der Waals surface area contributed by atoms with Crippen LogP contribution in [0.15, 0.2) is 23.8 Å². The number of ketones is 1. The fraction of sp³-hybridized carbons (Fsp3) is 0.500. The summed E-state index contributed by atoms with van der Waals surface area (Å²) in [6.07, 6.45) is 7.03. The Hall–Kier alpha value is -1.46. The largest absolute Gasteiger partial charge is 0.464 e. The molecule has 0 aromatic carbocycles. The van der Waals surface area contributed by atoms with Crippen molar-refractivity contribution in [3.05, 3.63) is 23.8 Å². The van der Waals surface area contributed by atoms with Gasteiger partial charge >= 0.3 is 5.97 Å². The molecular formula is C12H16N2O3. The highest BCUT2D eigenvalue weighted by Crippen LogP contribution is 2.13. The SMILES string of the molecule is O=C1C=CC=C(CCOC(=O)C2CCNN2)C1. The van der Waals surface area contributed by atoms with Crippen molar-refractivity contribution in [3.8, 4) is 0 Å². The number of carbonyl (C=O) groups is 2. The maximum Gasteiger partial charge on any atom is 0.324 e. The van der Waals surface area contributed by atoms with Crippen LogP contribution in [0.4, 0.5) is 0 Å². The molecule has 1 fully saturated rings. The Balaban J connectivity index is 1.69. The molecule has 0 radical (unpaired) electrons. The third kappa shape index (κ3) is 3.51. The molecule has 1 aliphatic heterocycles. The lowest BCUT2D eigenvalue weighted by molar-refractivity contribution is -0.145. The summed E-state index contributed by atoms with van der Waals surface area (Å²) < 4.78 is 5.15. The van der Waals surface area contributed by atoms with Crippen LogP contribution in [0.1, 0.15) is 19.3 Å². The lowest BCUT2D eigenvalue weighted by Crippen LogP contribution is -2.37. The molecule has 0 amide bonds. The van der Waals surface area contributed by atoms with E-state index in [1.807, 2.05) is 6.08 Å². The van der Waals surface area contributed by atoms with Crippen molar-refractivity contribution in [1.29, 1.82) is 0 Å². The van der Waals surface area contributed by atoms with Gasteiger partial charge in [0.2, 0.25) is 0 Å². The van der Waals surface area contributed by atoms with E-state index in [2.05, 4.69) is 10.9 Å². The number of hydrazine groups is 1. The molecule has 0 saturated carbocycles. The molecule has 92 valence electrons. The van der Waals surface area contributed by atoms with E-state index < -0.39 is 0 Å². The number of allylic oxidation sites excluding steroid dienone is 3. The number of rotatable bonds is 4. The van der Waals surface area contributed by atoms with E-state index in [1.165, 1.54) is 0 Å². The highest BCUT2D eigenvalue weighted by Gasteiger charge is 2.23. The van der Waals surface area contributed by atoms with Gasteiger partial charge in [-0.3, -0.25) is 15.0 Å². The summed E-state index contributed by atoms with van der Waals surface area (Å²) >= 11 is 0. The summed E-state index contributed by atoms with van der Waals surface area (Å²) in [4.78, 5) is 22.7. The molecule has 5 nitrogen and oxygen atoms in total. The number of hydrogen-bond donors (Lipinski definition) is 2. The molecule has 0 aromatic rings. The van der Waals surface area contributed by atoms with Gasteiger partial charge in [-0.25, -0.2) is 5.43 Å². The molecule has 1 unspecified atom stereocenters. The molecule has 0 spiro atoms. The van der Waals surface area contributed by atoms with Crippen LogP contribution in [0.3, 0.4) is 0 Å². The number of ether oxygens (including phenoxy) is 1. The van der Waals surface area contributed by atoms with Crippen molar-refractivity contribution in [1.82, 2.24) is 10.9 Å². The average Bonchev–Trinajstić information content (AvgIpc) is 2.82. The maximum atomic E-state index is 11.5. The van der Waals surface area contributed by atoms with E-state index >= 15 is 0 Å². The Morgan fingerprint density at radius 2 is 2.41 bits per heavy atom. The van der Waals surface area contributed by atoms with E-state index in [-0.39, 0.29) is 17.8 Å². The Morgan fingerprint density at radius 3 is 3.12 bits per heavy atom. The van der Waals surface area contributed by atoms with Crippen LogP contribution in [0.5, 0.6) is 0 Å². The minimum absolute atomic E-state index is 0.107. The summed E-state index contributed by atoms with van der Waals surface area (Å²) in [7, 11) is 0. The molecule has 2 rings (SSSR count). The van der Waals surface area contributed by atoms with Crippen LogP contribution in [-0.2, 0) is 14.3 Å². The summed E-state index contributed by atoms with van der Waals surface area (Å²) in [6.45, 7) is 1.12. The Kier molecular flexibility index (Phi) is 4.06. The second kappa shape index (κ2) is 5.75. The third-order valence-corrected chi connectivity index (χ3v) is 2.80. The molecule has 1 saturated heterocycles. The number of carbonyl (C=O) groups excluding carboxylic acids is 2. The van der Waals surface area contributed by atoms with Crippen LogP contribution in [0, 0.1) is 0 Å². The zero-order valence-corrected chi connectivity index (χ0v) is 9.57. The highest BCUT2D eigenvalue weighted by molar-refractivity contribution is 5.92. The number of esters is 1. The van der Waals surface area contributed by atoms with Crippen molar-refractivity contribution in [3.63, 3.8) is 0 Å². The monoisotopic (exact) mass is 236 g/mol. The van der Waals surface area contributed by atoms with Crippen LogP contribution < -0.4 is 10.9 Å². The molecule has 1 aliphatic carbocycles. The van der Waals surface area contributed by atoms with Crippen LogP contribution in [0.25, 0.3) is 0 Å². The molecule has 2 aliphatic rings. The summed E-state index contributed by atoms with van der Waals surface area (Å²) in [5.41, 5.74) is 6.75. The second-order valence-electron chi connectivity index (χ2n) is 4.16. The zero-order chi connectivity index (χ0) is 12.1. The molecule has 5 heteroatoms. The average molecular weight is 236 g/mol. The molecule has 1 heterocycles. The minimum Gasteiger partial charge on any atom is -0.464 e. The summed E-state index contributed by atoms with van der Waals surface area (Å²) in [5, 5.41) is 0. The Labute approximate surface area is 99.9 Å². The van der Waals surface area contributed by atoms with Gasteiger partial charge in [0.25, 0.3) is 0 Å². The van der Waals surface area contributed by atoms with E-state index in [0.29, 0.717) is 19.4 Å². The minimum atomic E-state index is -0.239. The van der Waals surface area contributed by atoms with Crippen molar-refractivity contribution in [2.75, 3.05) is 13.2 Å². The summed E-state index contributed by atoms with van der Waals surface area (Å²) in [5.74, 6) is -0.122. The third-order valence-electron chi connectivity index (χ3n) is 2.80. The van der Waals surface area contributed by atoms with E-state index in [1.54, 1.807) is 12.2 Å². The fourth-order valence-corrected chi connectivity index (χ4v) is 1.85. The van der Waals surface area contributed by atoms with E-state index in [0.717, 1.165) is 18.5 Å². The first kappa shape index (κ1) is 12.0. The van der Waals surface area contributed by atoms with E-state index in [4.69, 9.17) is 4.74 Å². The van der Waals surface area contributed by atoms with Crippen molar-refractivity contribution >= 4 is 11.8 Å². The highest BCUT2D eigenvalue weighted by atomic mass is 16.5. The second-order valence-corrected chi connectivity index (χ2v) is 4.16. The fourth-order valence-electron chi connectivity index (χ4n) is 1.85. The van der Waals surface area contributed by atoms with Crippen molar-refractivity contribution in [2.45, 2.75) is 25.3 Å².